The Hall–Kier alpha value is -0.830. The molecule has 0 radical (unpaired) electrons. The first-order chi connectivity index (χ1) is 8.82. The van der Waals surface area contributed by atoms with Crippen molar-refractivity contribution in [2.75, 3.05) is 6.54 Å². The SMILES string of the molecule is Cc1ccc(Br)c(C(=O)NCC(C(C)C)C(C)C)c1. The predicted molar refractivity (Wildman–Crippen MR) is 84.4 cm³/mol. The van der Waals surface area contributed by atoms with Crippen molar-refractivity contribution in [3.63, 3.8) is 0 Å². The molecular formula is C16H24BrNO. The lowest BCUT2D eigenvalue weighted by molar-refractivity contribution is 0.0936. The number of carbonyl (C=O) groups excluding carboxylic acids is 1. The fourth-order valence-electron chi connectivity index (χ4n) is 2.36. The number of amides is 1. The first-order valence-corrected chi connectivity index (χ1v) is 7.66. The minimum absolute atomic E-state index is 0.00174. The molecule has 0 spiro atoms. The van der Waals surface area contributed by atoms with Crippen molar-refractivity contribution in [1.29, 1.82) is 0 Å². The van der Waals surface area contributed by atoms with Crippen molar-refractivity contribution in [2.45, 2.75) is 34.6 Å². The molecule has 2 nitrogen and oxygen atoms in total. The summed E-state index contributed by atoms with van der Waals surface area (Å²) in [4.78, 5) is 12.2. The van der Waals surface area contributed by atoms with Gasteiger partial charge in [0.05, 0.1) is 5.56 Å². The maximum atomic E-state index is 12.2. The van der Waals surface area contributed by atoms with Crippen LogP contribution in [0.5, 0.6) is 0 Å². The number of benzene rings is 1. The zero-order valence-corrected chi connectivity index (χ0v) is 14.0. The Morgan fingerprint density at radius 2 is 1.79 bits per heavy atom. The maximum absolute atomic E-state index is 12.2. The molecule has 1 aromatic rings. The summed E-state index contributed by atoms with van der Waals surface area (Å²) in [6.45, 7) is 11.6. The number of carbonyl (C=O) groups is 1. The lowest BCUT2D eigenvalue weighted by Gasteiger charge is -2.25. The number of halogens is 1. The summed E-state index contributed by atoms with van der Waals surface area (Å²) in [7, 11) is 0. The van der Waals surface area contributed by atoms with Crippen LogP contribution in [0.2, 0.25) is 0 Å². The highest BCUT2D eigenvalue weighted by Crippen LogP contribution is 2.21. The molecule has 0 fully saturated rings. The van der Waals surface area contributed by atoms with Crippen LogP contribution in [0.25, 0.3) is 0 Å². The predicted octanol–water partition coefficient (Wildman–Crippen LogP) is 4.42. The molecule has 1 N–H and O–H groups in total. The summed E-state index contributed by atoms with van der Waals surface area (Å²) < 4.78 is 0.848. The highest BCUT2D eigenvalue weighted by atomic mass is 79.9. The Balaban J connectivity index is 2.72. The van der Waals surface area contributed by atoms with Crippen LogP contribution in [0, 0.1) is 24.7 Å². The van der Waals surface area contributed by atoms with Gasteiger partial charge in [0.1, 0.15) is 0 Å². The molecular weight excluding hydrogens is 302 g/mol. The monoisotopic (exact) mass is 325 g/mol. The van der Waals surface area contributed by atoms with E-state index in [1.54, 1.807) is 0 Å². The standard InChI is InChI=1S/C16H24BrNO/c1-10(2)14(11(3)4)9-18-16(19)13-8-12(5)6-7-15(13)17/h6-8,10-11,14H,9H2,1-5H3,(H,18,19). The normalized spacial score (nSPS) is 11.4. The molecule has 0 aromatic heterocycles. The molecule has 0 aliphatic rings. The molecule has 0 unspecified atom stereocenters. The lowest BCUT2D eigenvalue weighted by atomic mass is 9.85. The van der Waals surface area contributed by atoms with Crippen LogP contribution in [0.4, 0.5) is 0 Å². The highest BCUT2D eigenvalue weighted by Gasteiger charge is 2.19. The molecule has 3 heteroatoms. The third kappa shape index (κ3) is 4.64. The first-order valence-electron chi connectivity index (χ1n) is 6.87. The number of rotatable bonds is 5. The van der Waals surface area contributed by atoms with Gasteiger partial charge >= 0.3 is 0 Å². The van der Waals surface area contributed by atoms with E-state index in [2.05, 4.69) is 48.9 Å². The van der Waals surface area contributed by atoms with E-state index in [1.165, 1.54) is 0 Å². The highest BCUT2D eigenvalue weighted by molar-refractivity contribution is 9.10. The third-order valence-electron chi connectivity index (χ3n) is 3.58. The van der Waals surface area contributed by atoms with Crippen LogP contribution < -0.4 is 5.32 Å². The van der Waals surface area contributed by atoms with Gasteiger partial charge in [-0.1, -0.05) is 39.3 Å². The lowest BCUT2D eigenvalue weighted by Crippen LogP contribution is -2.34. The van der Waals surface area contributed by atoms with E-state index in [1.807, 2.05) is 25.1 Å². The molecule has 106 valence electrons. The van der Waals surface area contributed by atoms with Crippen molar-refractivity contribution in [1.82, 2.24) is 5.32 Å². The fraction of sp³-hybridized carbons (Fsp3) is 0.562. The van der Waals surface area contributed by atoms with Crippen molar-refractivity contribution in [2.24, 2.45) is 17.8 Å². The second kappa shape index (κ2) is 7.09. The van der Waals surface area contributed by atoms with Crippen molar-refractivity contribution in [3.05, 3.63) is 33.8 Å². The molecule has 0 bridgehead atoms. The van der Waals surface area contributed by atoms with E-state index in [0.717, 1.165) is 16.6 Å². The summed E-state index contributed by atoms with van der Waals surface area (Å²) in [5, 5.41) is 3.06. The quantitative estimate of drug-likeness (QED) is 0.853. The minimum Gasteiger partial charge on any atom is -0.352 e. The van der Waals surface area contributed by atoms with Gasteiger partial charge in [-0.25, -0.2) is 0 Å². The Morgan fingerprint density at radius 3 is 2.32 bits per heavy atom. The first kappa shape index (κ1) is 16.2. The Bertz CT molecular complexity index is 432. The molecule has 0 aliphatic carbocycles. The molecule has 0 aliphatic heterocycles. The van der Waals surface area contributed by atoms with Gasteiger partial charge in [-0.2, -0.15) is 0 Å². The van der Waals surface area contributed by atoms with E-state index >= 15 is 0 Å². The molecule has 0 saturated heterocycles. The topological polar surface area (TPSA) is 29.1 Å². The van der Waals surface area contributed by atoms with Gasteiger partial charge in [-0.3, -0.25) is 4.79 Å². The van der Waals surface area contributed by atoms with Crippen molar-refractivity contribution >= 4 is 21.8 Å². The molecule has 0 saturated carbocycles. The van der Waals surface area contributed by atoms with Crippen LogP contribution >= 0.6 is 15.9 Å². The molecule has 1 aromatic carbocycles. The van der Waals surface area contributed by atoms with E-state index in [0.29, 0.717) is 23.3 Å². The van der Waals surface area contributed by atoms with Gasteiger partial charge in [-0.05, 0) is 52.7 Å². The van der Waals surface area contributed by atoms with Gasteiger partial charge in [0.15, 0.2) is 0 Å². The Morgan fingerprint density at radius 1 is 1.21 bits per heavy atom. The minimum atomic E-state index is 0.00174. The maximum Gasteiger partial charge on any atom is 0.252 e. The second-order valence-corrected chi connectivity index (χ2v) is 6.70. The number of hydrogen-bond acceptors (Lipinski definition) is 1. The van der Waals surface area contributed by atoms with Crippen LogP contribution in [0.3, 0.4) is 0 Å². The zero-order valence-electron chi connectivity index (χ0n) is 12.5. The molecule has 0 heterocycles. The number of nitrogens with one attached hydrogen (secondary N) is 1. The Labute approximate surface area is 125 Å². The summed E-state index contributed by atoms with van der Waals surface area (Å²) in [6, 6.07) is 5.83. The van der Waals surface area contributed by atoms with Gasteiger partial charge in [-0.15, -0.1) is 0 Å². The number of hydrogen-bond donors (Lipinski definition) is 1. The largest absolute Gasteiger partial charge is 0.352 e. The number of aryl methyl sites for hydroxylation is 1. The molecule has 19 heavy (non-hydrogen) atoms. The zero-order chi connectivity index (χ0) is 14.6. The summed E-state index contributed by atoms with van der Waals surface area (Å²) in [6.07, 6.45) is 0. The van der Waals surface area contributed by atoms with Gasteiger partial charge in [0, 0.05) is 11.0 Å². The van der Waals surface area contributed by atoms with Crippen molar-refractivity contribution < 1.29 is 4.79 Å². The van der Waals surface area contributed by atoms with Crippen LogP contribution in [-0.4, -0.2) is 12.5 Å². The molecule has 1 rings (SSSR count). The summed E-state index contributed by atoms with van der Waals surface area (Å²) >= 11 is 3.44. The molecule has 0 atom stereocenters. The van der Waals surface area contributed by atoms with E-state index in [9.17, 15) is 4.79 Å². The van der Waals surface area contributed by atoms with Gasteiger partial charge in [0.2, 0.25) is 0 Å². The fourth-order valence-corrected chi connectivity index (χ4v) is 2.79. The smallest absolute Gasteiger partial charge is 0.252 e. The van der Waals surface area contributed by atoms with E-state index in [-0.39, 0.29) is 5.91 Å². The second-order valence-electron chi connectivity index (χ2n) is 5.85. The average molecular weight is 326 g/mol. The van der Waals surface area contributed by atoms with Crippen LogP contribution in [-0.2, 0) is 0 Å². The van der Waals surface area contributed by atoms with Crippen LogP contribution in [0.1, 0.15) is 43.6 Å². The van der Waals surface area contributed by atoms with Crippen LogP contribution in [0.15, 0.2) is 22.7 Å². The third-order valence-corrected chi connectivity index (χ3v) is 4.27. The average Bonchev–Trinajstić information content (AvgIpc) is 2.31. The Kier molecular flexibility index (Phi) is 6.05. The summed E-state index contributed by atoms with van der Waals surface area (Å²) in [5.41, 5.74) is 1.81. The summed E-state index contributed by atoms with van der Waals surface area (Å²) in [5.74, 6) is 1.65. The van der Waals surface area contributed by atoms with Gasteiger partial charge < -0.3 is 5.32 Å². The molecule has 1 amide bonds. The van der Waals surface area contributed by atoms with E-state index in [4.69, 9.17) is 0 Å². The van der Waals surface area contributed by atoms with E-state index < -0.39 is 0 Å². The van der Waals surface area contributed by atoms with Crippen molar-refractivity contribution in [3.8, 4) is 0 Å². The van der Waals surface area contributed by atoms with Gasteiger partial charge in [0.25, 0.3) is 5.91 Å².